The van der Waals surface area contributed by atoms with E-state index in [0.29, 0.717) is 0 Å². The Morgan fingerprint density at radius 3 is 1.35 bits per heavy atom. The molecule has 3 aromatic heterocycles. The molecular weight excluding hydrogens is 385 g/mol. The molecule has 4 heteroatoms. The van der Waals surface area contributed by atoms with Crippen LogP contribution in [0, 0.1) is 10.8 Å². The number of hydrogen-bond donors (Lipinski definition) is 0. The third-order valence-electron chi connectivity index (χ3n) is 4.46. The molecule has 0 aromatic carbocycles. The molecule has 0 fully saturated rings. The van der Waals surface area contributed by atoms with Crippen LogP contribution >= 0.6 is 0 Å². The van der Waals surface area contributed by atoms with Gasteiger partial charge in [0.05, 0.1) is 0 Å². The van der Waals surface area contributed by atoms with Gasteiger partial charge in [0.1, 0.15) is 0 Å². The van der Waals surface area contributed by atoms with Crippen LogP contribution in [0.25, 0.3) is 0 Å². The van der Waals surface area contributed by atoms with Gasteiger partial charge in [-0.1, -0.05) is 0 Å². The second-order valence-corrected chi connectivity index (χ2v) is 16.2. The summed E-state index contributed by atoms with van der Waals surface area (Å²) in [5.41, 5.74) is -0.0510. The van der Waals surface area contributed by atoms with Crippen LogP contribution in [0.5, 0.6) is 0 Å². The molecule has 138 valence electrons. The summed E-state index contributed by atoms with van der Waals surface area (Å²) in [7, 11) is 0. The van der Waals surface area contributed by atoms with Crippen LogP contribution in [0.2, 0.25) is 0 Å². The fraction of sp³-hybridized carbons (Fsp3) is 0.364. The van der Waals surface area contributed by atoms with Crippen molar-refractivity contribution in [1.82, 2.24) is 0 Å². The number of hydrogen-bond acceptors (Lipinski definition) is 3. The number of rotatable bonds is 4. The van der Waals surface area contributed by atoms with Gasteiger partial charge in [0, 0.05) is 0 Å². The molecule has 0 saturated heterocycles. The molecule has 0 bridgehead atoms. The first-order valence-corrected chi connectivity index (χ1v) is 13.2. The van der Waals surface area contributed by atoms with E-state index in [0.717, 1.165) is 13.8 Å². The Balaban J connectivity index is 2.46. The zero-order valence-electron chi connectivity index (χ0n) is 16.5. The Kier molecular flexibility index (Phi) is 4.86. The summed E-state index contributed by atoms with van der Waals surface area (Å²) in [6.45, 7) is 13.5. The zero-order valence-corrected chi connectivity index (χ0v) is 18.6. The van der Waals surface area contributed by atoms with E-state index in [4.69, 9.17) is 13.3 Å². The Bertz CT molecular complexity index is 756. The first-order chi connectivity index (χ1) is 12.2. The normalized spacial score (nSPS) is 14.0. The van der Waals surface area contributed by atoms with Gasteiger partial charge in [-0.2, -0.15) is 0 Å². The topological polar surface area (TPSA) is 39.4 Å². The molecule has 3 aromatic rings. The monoisotopic (exact) mass is 414 g/mol. The molecule has 0 aliphatic rings. The Labute approximate surface area is 158 Å². The average molecular weight is 413 g/mol. The molecule has 0 saturated carbocycles. The van der Waals surface area contributed by atoms with Gasteiger partial charge in [0.15, 0.2) is 0 Å². The molecule has 0 spiro atoms. The molecule has 0 atom stereocenters. The standard InChI is InChI=1S/C22H28GeO3/c1-21(2,3)16-17(22(4,5)6)23(18-10-7-13-24-18,19-11-8-14-25-19)20-12-9-15-26-20/h7-16H,1-6H3/b17-16+. The zero-order chi connectivity index (χ0) is 19.0. The van der Waals surface area contributed by atoms with E-state index in [2.05, 4.69) is 65.8 Å². The van der Waals surface area contributed by atoms with E-state index < -0.39 is 13.3 Å². The number of furan rings is 3. The summed E-state index contributed by atoms with van der Waals surface area (Å²) >= 11 is -3.49. The molecule has 3 rings (SSSR count). The van der Waals surface area contributed by atoms with Gasteiger partial charge in [0.25, 0.3) is 0 Å². The van der Waals surface area contributed by atoms with Crippen LogP contribution < -0.4 is 13.8 Å². The minimum atomic E-state index is -3.49. The summed E-state index contributed by atoms with van der Waals surface area (Å²) in [6.07, 6.45) is 7.65. The molecule has 0 N–H and O–H groups in total. The SMILES string of the molecule is CC(C)(C)/C=[C](\C(C)(C)C)[Ge]([c]1ccco1)([c]1ccco1)[c]1ccco1. The van der Waals surface area contributed by atoms with Crippen LogP contribution in [-0.4, -0.2) is 13.3 Å². The third kappa shape index (κ3) is 3.37. The van der Waals surface area contributed by atoms with Crippen LogP contribution in [0.4, 0.5) is 0 Å². The van der Waals surface area contributed by atoms with Crippen molar-refractivity contribution in [3.8, 4) is 0 Å². The van der Waals surface area contributed by atoms with Crippen molar-refractivity contribution in [3.05, 3.63) is 65.7 Å². The second kappa shape index (κ2) is 6.69. The van der Waals surface area contributed by atoms with E-state index >= 15 is 0 Å². The van der Waals surface area contributed by atoms with Crippen molar-refractivity contribution >= 4 is 27.0 Å². The van der Waals surface area contributed by atoms with Gasteiger partial charge in [-0.05, 0) is 0 Å². The van der Waals surface area contributed by atoms with Crippen molar-refractivity contribution < 1.29 is 13.3 Å². The third-order valence-corrected chi connectivity index (χ3v) is 14.5. The molecule has 3 heterocycles. The van der Waals surface area contributed by atoms with Crippen LogP contribution in [-0.2, 0) is 0 Å². The quantitative estimate of drug-likeness (QED) is 0.592. The van der Waals surface area contributed by atoms with Gasteiger partial charge in [-0.15, -0.1) is 0 Å². The first-order valence-electron chi connectivity index (χ1n) is 9.01. The van der Waals surface area contributed by atoms with Crippen LogP contribution in [0.15, 0.2) is 78.9 Å². The molecule has 0 amide bonds. The number of allylic oxidation sites excluding steroid dienone is 2. The van der Waals surface area contributed by atoms with Gasteiger partial charge >= 0.3 is 158 Å². The predicted molar refractivity (Wildman–Crippen MR) is 108 cm³/mol. The van der Waals surface area contributed by atoms with Crippen LogP contribution in [0.3, 0.4) is 0 Å². The Morgan fingerprint density at radius 2 is 1.12 bits per heavy atom. The van der Waals surface area contributed by atoms with E-state index in [1.807, 2.05) is 18.2 Å². The van der Waals surface area contributed by atoms with Gasteiger partial charge < -0.3 is 0 Å². The predicted octanol–water partition coefficient (Wildman–Crippen LogP) is 4.49. The molecule has 0 aliphatic heterocycles. The Hall–Kier alpha value is -1.88. The Morgan fingerprint density at radius 1 is 0.731 bits per heavy atom. The van der Waals surface area contributed by atoms with Crippen molar-refractivity contribution in [3.63, 3.8) is 0 Å². The second-order valence-electron chi connectivity index (χ2n) is 8.86. The molecular formula is C22H28GeO3. The van der Waals surface area contributed by atoms with Gasteiger partial charge in [-0.25, -0.2) is 0 Å². The molecule has 3 nitrogen and oxygen atoms in total. The van der Waals surface area contributed by atoms with E-state index in [1.165, 1.54) is 4.41 Å². The molecule has 0 radical (unpaired) electrons. The van der Waals surface area contributed by atoms with Gasteiger partial charge in [-0.3, -0.25) is 0 Å². The first kappa shape index (κ1) is 18.9. The maximum atomic E-state index is 6.06. The summed E-state index contributed by atoms with van der Waals surface area (Å²) in [6, 6.07) is 12.1. The molecule has 26 heavy (non-hydrogen) atoms. The molecule has 0 unspecified atom stereocenters. The fourth-order valence-electron chi connectivity index (χ4n) is 3.56. The van der Waals surface area contributed by atoms with Gasteiger partial charge in [0.2, 0.25) is 0 Å². The maximum absolute atomic E-state index is 6.06. The molecule has 0 aliphatic carbocycles. The van der Waals surface area contributed by atoms with E-state index in [-0.39, 0.29) is 10.8 Å². The van der Waals surface area contributed by atoms with Crippen molar-refractivity contribution in [2.24, 2.45) is 10.8 Å². The summed E-state index contributed by atoms with van der Waals surface area (Å²) in [5, 5.41) is 0. The average Bonchev–Trinajstić information content (AvgIpc) is 3.29. The van der Waals surface area contributed by atoms with E-state index in [1.54, 1.807) is 18.8 Å². The fourth-order valence-corrected chi connectivity index (χ4v) is 14.2. The summed E-state index contributed by atoms with van der Waals surface area (Å²) in [4.78, 5) is 0. The summed E-state index contributed by atoms with van der Waals surface area (Å²) < 4.78 is 22.5. The summed E-state index contributed by atoms with van der Waals surface area (Å²) in [5.74, 6) is 0. The van der Waals surface area contributed by atoms with Crippen LogP contribution in [0.1, 0.15) is 41.5 Å². The van der Waals surface area contributed by atoms with Crippen molar-refractivity contribution in [2.45, 2.75) is 41.5 Å². The minimum absolute atomic E-state index is 0.0187. The van der Waals surface area contributed by atoms with E-state index in [9.17, 15) is 0 Å². The van der Waals surface area contributed by atoms with Crippen molar-refractivity contribution in [1.29, 1.82) is 0 Å². The van der Waals surface area contributed by atoms with Crippen molar-refractivity contribution in [2.75, 3.05) is 0 Å².